The normalized spacial score (nSPS) is 9.88. The number of nitrogen functional groups attached to an aromatic ring is 1. The third kappa shape index (κ3) is 2.69. The molecule has 16 heavy (non-hydrogen) atoms. The molecular formula is C8H13N5O3. The summed E-state index contributed by atoms with van der Waals surface area (Å²) in [6.45, 7) is 2.23. The van der Waals surface area contributed by atoms with Crippen molar-refractivity contribution in [3.05, 3.63) is 5.69 Å². The zero-order valence-corrected chi connectivity index (χ0v) is 9.06. The molecule has 0 spiro atoms. The van der Waals surface area contributed by atoms with Gasteiger partial charge in [-0.1, -0.05) is 0 Å². The third-order valence-electron chi connectivity index (χ3n) is 1.82. The molecule has 3 N–H and O–H groups in total. The lowest BCUT2D eigenvalue weighted by Crippen LogP contribution is -2.38. The molecule has 0 saturated carbocycles. The predicted octanol–water partition coefficient (Wildman–Crippen LogP) is -1.14. The number of nitrogens with zero attached hydrogens (tertiary/aromatic N) is 3. The monoisotopic (exact) mass is 227 g/mol. The van der Waals surface area contributed by atoms with Gasteiger partial charge in [-0.25, -0.2) is 4.63 Å². The van der Waals surface area contributed by atoms with E-state index in [1.807, 2.05) is 0 Å². The Hall–Kier alpha value is -2.12. The molecule has 0 fully saturated rings. The average molecular weight is 227 g/mol. The summed E-state index contributed by atoms with van der Waals surface area (Å²) in [7, 11) is 1.46. The first kappa shape index (κ1) is 12.0. The van der Waals surface area contributed by atoms with E-state index < -0.39 is 5.91 Å². The summed E-state index contributed by atoms with van der Waals surface area (Å²) in [5.41, 5.74) is 5.26. The number of likely N-dealkylation sites (N-methyl/N-ethyl adjacent to an activating group) is 2. The van der Waals surface area contributed by atoms with Gasteiger partial charge in [-0.15, -0.1) is 0 Å². The molecule has 1 aromatic heterocycles. The lowest BCUT2D eigenvalue weighted by atomic mass is 10.3. The van der Waals surface area contributed by atoms with Gasteiger partial charge in [-0.05, 0) is 17.2 Å². The van der Waals surface area contributed by atoms with Crippen molar-refractivity contribution in [3.63, 3.8) is 0 Å². The minimum atomic E-state index is -0.509. The van der Waals surface area contributed by atoms with Crippen LogP contribution in [0, 0.1) is 0 Å². The number of amides is 2. The van der Waals surface area contributed by atoms with E-state index in [0.717, 1.165) is 0 Å². The SMILES string of the molecule is CCNC(=O)CN(C)C(=O)c1nonc1N. The van der Waals surface area contributed by atoms with Gasteiger partial charge in [-0.3, -0.25) is 9.59 Å². The zero-order chi connectivity index (χ0) is 12.1. The Kier molecular flexibility index (Phi) is 3.81. The highest BCUT2D eigenvalue weighted by Gasteiger charge is 2.21. The minimum absolute atomic E-state index is 0.0705. The summed E-state index contributed by atoms with van der Waals surface area (Å²) in [6.07, 6.45) is 0. The molecule has 0 unspecified atom stereocenters. The Balaban J connectivity index is 2.61. The first-order valence-electron chi connectivity index (χ1n) is 4.66. The number of nitrogens with one attached hydrogen (secondary N) is 1. The molecule has 8 heteroatoms. The first-order chi connectivity index (χ1) is 7.56. The number of rotatable bonds is 4. The van der Waals surface area contributed by atoms with Crippen LogP contribution in [0.2, 0.25) is 0 Å². The predicted molar refractivity (Wildman–Crippen MR) is 54.4 cm³/mol. The van der Waals surface area contributed by atoms with Crippen molar-refractivity contribution in [1.29, 1.82) is 0 Å². The van der Waals surface area contributed by atoms with E-state index >= 15 is 0 Å². The van der Waals surface area contributed by atoms with Crippen molar-refractivity contribution in [2.24, 2.45) is 0 Å². The van der Waals surface area contributed by atoms with E-state index in [-0.39, 0.29) is 24.0 Å². The van der Waals surface area contributed by atoms with Crippen LogP contribution in [0.25, 0.3) is 0 Å². The number of hydrogen-bond acceptors (Lipinski definition) is 6. The Morgan fingerprint density at radius 3 is 2.69 bits per heavy atom. The maximum atomic E-state index is 11.7. The first-order valence-corrected chi connectivity index (χ1v) is 4.66. The smallest absolute Gasteiger partial charge is 0.280 e. The largest absolute Gasteiger partial charge is 0.379 e. The summed E-state index contributed by atoms with van der Waals surface area (Å²) in [4.78, 5) is 24.1. The van der Waals surface area contributed by atoms with Crippen LogP contribution in [-0.2, 0) is 4.79 Å². The molecular weight excluding hydrogens is 214 g/mol. The number of carbonyl (C=O) groups excluding carboxylic acids is 2. The zero-order valence-electron chi connectivity index (χ0n) is 9.06. The van der Waals surface area contributed by atoms with Gasteiger partial charge in [-0.2, -0.15) is 0 Å². The molecule has 0 aliphatic carbocycles. The number of anilines is 1. The third-order valence-corrected chi connectivity index (χ3v) is 1.82. The highest BCUT2D eigenvalue weighted by atomic mass is 16.6. The number of carbonyl (C=O) groups is 2. The molecule has 2 amide bonds. The molecule has 0 aliphatic rings. The van der Waals surface area contributed by atoms with Crippen LogP contribution in [0.15, 0.2) is 4.63 Å². The van der Waals surface area contributed by atoms with Crippen LogP contribution in [0.5, 0.6) is 0 Å². The van der Waals surface area contributed by atoms with Crippen molar-refractivity contribution >= 4 is 17.6 Å². The molecule has 88 valence electrons. The van der Waals surface area contributed by atoms with Gasteiger partial charge in [0.15, 0.2) is 0 Å². The Morgan fingerprint density at radius 1 is 1.50 bits per heavy atom. The average Bonchev–Trinajstić information content (AvgIpc) is 2.63. The fourth-order valence-electron chi connectivity index (χ4n) is 1.06. The highest BCUT2D eigenvalue weighted by Crippen LogP contribution is 2.06. The van der Waals surface area contributed by atoms with Crippen molar-refractivity contribution < 1.29 is 14.2 Å². The van der Waals surface area contributed by atoms with Gasteiger partial charge >= 0.3 is 0 Å². The molecule has 0 radical (unpaired) electrons. The molecule has 1 heterocycles. The molecule has 8 nitrogen and oxygen atoms in total. The van der Waals surface area contributed by atoms with Crippen LogP contribution >= 0.6 is 0 Å². The van der Waals surface area contributed by atoms with Gasteiger partial charge in [0.1, 0.15) is 0 Å². The molecule has 0 aliphatic heterocycles. The maximum Gasteiger partial charge on any atom is 0.280 e. The number of hydrogen-bond donors (Lipinski definition) is 2. The van der Waals surface area contributed by atoms with Crippen LogP contribution < -0.4 is 11.1 Å². The second-order valence-corrected chi connectivity index (χ2v) is 3.11. The Labute approximate surface area is 91.7 Å². The summed E-state index contributed by atoms with van der Waals surface area (Å²) < 4.78 is 4.30. The summed E-state index contributed by atoms with van der Waals surface area (Å²) in [5, 5.41) is 9.20. The lowest BCUT2D eigenvalue weighted by Gasteiger charge is -2.14. The summed E-state index contributed by atoms with van der Waals surface area (Å²) in [6, 6.07) is 0. The van der Waals surface area contributed by atoms with Crippen molar-refractivity contribution in [2.75, 3.05) is 25.9 Å². The maximum absolute atomic E-state index is 11.7. The molecule has 1 aromatic rings. The fourth-order valence-corrected chi connectivity index (χ4v) is 1.06. The molecule has 0 bridgehead atoms. The minimum Gasteiger partial charge on any atom is -0.379 e. The van der Waals surface area contributed by atoms with Gasteiger partial charge < -0.3 is 16.0 Å². The Morgan fingerprint density at radius 2 is 2.19 bits per heavy atom. The second kappa shape index (κ2) is 5.10. The van der Waals surface area contributed by atoms with E-state index in [9.17, 15) is 9.59 Å². The standard InChI is InChI=1S/C8H13N5O3/c1-3-10-5(14)4-13(2)8(15)6-7(9)12-16-11-6/h3-4H2,1-2H3,(H2,9,12)(H,10,14). The fraction of sp³-hybridized carbons (Fsp3) is 0.500. The second-order valence-electron chi connectivity index (χ2n) is 3.11. The van der Waals surface area contributed by atoms with E-state index in [4.69, 9.17) is 5.73 Å². The van der Waals surface area contributed by atoms with E-state index in [1.165, 1.54) is 11.9 Å². The molecule has 0 saturated heterocycles. The van der Waals surface area contributed by atoms with Crippen molar-refractivity contribution in [2.45, 2.75) is 6.92 Å². The van der Waals surface area contributed by atoms with E-state index in [2.05, 4.69) is 20.3 Å². The van der Waals surface area contributed by atoms with Gasteiger partial charge in [0.05, 0.1) is 6.54 Å². The molecule has 1 rings (SSSR count). The molecule has 0 aromatic carbocycles. The van der Waals surface area contributed by atoms with Gasteiger partial charge in [0, 0.05) is 13.6 Å². The van der Waals surface area contributed by atoms with Crippen LogP contribution in [-0.4, -0.2) is 47.2 Å². The van der Waals surface area contributed by atoms with Crippen LogP contribution in [0.3, 0.4) is 0 Å². The molecule has 0 atom stereocenters. The van der Waals surface area contributed by atoms with Crippen molar-refractivity contribution in [1.82, 2.24) is 20.5 Å². The Bertz CT molecular complexity index is 389. The summed E-state index contributed by atoms with van der Waals surface area (Å²) >= 11 is 0. The quantitative estimate of drug-likeness (QED) is 0.672. The summed E-state index contributed by atoms with van der Waals surface area (Å²) in [5.74, 6) is -0.855. The van der Waals surface area contributed by atoms with Gasteiger partial charge in [0.2, 0.25) is 17.4 Å². The van der Waals surface area contributed by atoms with Crippen molar-refractivity contribution in [3.8, 4) is 0 Å². The van der Waals surface area contributed by atoms with E-state index in [0.29, 0.717) is 6.54 Å². The van der Waals surface area contributed by atoms with Crippen LogP contribution in [0.4, 0.5) is 5.82 Å². The number of nitrogens with two attached hydrogens (primary N) is 1. The van der Waals surface area contributed by atoms with Gasteiger partial charge in [0.25, 0.3) is 5.91 Å². The van der Waals surface area contributed by atoms with Crippen LogP contribution in [0.1, 0.15) is 17.4 Å². The number of aromatic nitrogens is 2. The topological polar surface area (TPSA) is 114 Å². The van der Waals surface area contributed by atoms with E-state index in [1.54, 1.807) is 6.92 Å². The lowest BCUT2D eigenvalue weighted by molar-refractivity contribution is -0.121. The highest BCUT2D eigenvalue weighted by molar-refractivity contribution is 5.97.